The number of alkyl halides is 3. The minimum absolute atomic E-state index is 0.171. The lowest BCUT2D eigenvalue weighted by atomic mass is 9.73. The van der Waals surface area contributed by atoms with Crippen LogP contribution in [0.4, 0.5) is 17.6 Å². The molecule has 0 radical (unpaired) electrons. The highest BCUT2D eigenvalue weighted by Crippen LogP contribution is 2.41. The van der Waals surface area contributed by atoms with E-state index in [4.69, 9.17) is 5.41 Å². The van der Waals surface area contributed by atoms with Crippen molar-refractivity contribution >= 4 is 11.9 Å². The summed E-state index contributed by atoms with van der Waals surface area (Å²) in [5.74, 6) is -2.10. The molecule has 4 nitrogen and oxygen atoms in total. The number of carbonyl (C=O) groups excluding carboxylic acids is 1. The molecule has 0 bridgehead atoms. The standard InChI is InChI=1S/C19H17F4N3O/c1-18(13-4-3-5-14(20)10-13)15(16(27)26(2)17(24)25-18)11-6-8-12(9-7-11)19(21,22)23/h3-10,15H,1-2H3,(H2,24,25)/t15-,18-/m1/s1. The lowest BCUT2D eigenvalue weighted by Crippen LogP contribution is -2.62. The van der Waals surface area contributed by atoms with Crippen molar-refractivity contribution in [3.05, 3.63) is 71.0 Å². The minimum atomic E-state index is -4.49. The van der Waals surface area contributed by atoms with Gasteiger partial charge in [0.05, 0.1) is 17.0 Å². The molecule has 2 aromatic carbocycles. The number of nitrogens with zero attached hydrogens (tertiary/aromatic N) is 1. The fourth-order valence-electron chi connectivity index (χ4n) is 3.34. The van der Waals surface area contributed by atoms with Crippen LogP contribution in [0, 0.1) is 11.2 Å². The first-order valence-corrected chi connectivity index (χ1v) is 8.11. The predicted octanol–water partition coefficient (Wildman–Crippen LogP) is 3.84. The number of rotatable bonds is 2. The van der Waals surface area contributed by atoms with E-state index >= 15 is 0 Å². The van der Waals surface area contributed by atoms with Crippen LogP contribution in [0.25, 0.3) is 0 Å². The molecule has 0 unspecified atom stereocenters. The molecule has 2 atom stereocenters. The van der Waals surface area contributed by atoms with Gasteiger partial charge in [-0.15, -0.1) is 0 Å². The molecule has 0 spiro atoms. The van der Waals surface area contributed by atoms with Crippen LogP contribution in [-0.2, 0) is 16.5 Å². The summed E-state index contributed by atoms with van der Waals surface area (Å²) in [5, 5.41) is 10.9. The molecule has 142 valence electrons. The Morgan fingerprint density at radius 1 is 1.15 bits per heavy atom. The zero-order valence-corrected chi connectivity index (χ0v) is 14.6. The Morgan fingerprint density at radius 2 is 1.78 bits per heavy atom. The van der Waals surface area contributed by atoms with Crippen molar-refractivity contribution in [2.45, 2.75) is 24.6 Å². The topological polar surface area (TPSA) is 56.2 Å². The van der Waals surface area contributed by atoms with E-state index in [9.17, 15) is 22.4 Å². The van der Waals surface area contributed by atoms with Crippen molar-refractivity contribution in [2.75, 3.05) is 7.05 Å². The summed E-state index contributed by atoms with van der Waals surface area (Å²) in [4.78, 5) is 14.0. The minimum Gasteiger partial charge on any atom is -0.346 e. The summed E-state index contributed by atoms with van der Waals surface area (Å²) in [6.07, 6.45) is -4.49. The van der Waals surface area contributed by atoms with Gasteiger partial charge in [-0.3, -0.25) is 15.1 Å². The number of amides is 1. The fourth-order valence-corrected chi connectivity index (χ4v) is 3.34. The second-order valence-corrected chi connectivity index (χ2v) is 6.64. The maximum atomic E-state index is 13.8. The average Bonchev–Trinajstić information content (AvgIpc) is 2.59. The Morgan fingerprint density at radius 3 is 2.33 bits per heavy atom. The van der Waals surface area contributed by atoms with Crippen molar-refractivity contribution in [2.24, 2.45) is 0 Å². The Hall–Kier alpha value is -2.90. The van der Waals surface area contributed by atoms with Crippen molar-refractivity contribution in [3.8, 4) is 0 Å². The van der Waals surface area contributed by atoms with Gasteiger partial charge < -0.3 is 5.32 Å². The van der Waals surface area contributed by atoms with Crippen LogP contribution in [-0.4, -0.2) is 23.8 Å². The third kappa shape index (κ3) is 3.27. The molecule has 3 rings (SSSR count). The first-order chi connectivity index (χ1) is 12.5. The van der Waals surface area contributed by atoms with E-state index in [0.29, 0.717) is 11.1 Å². The molecule has 1 aliphatic rings. The highest BCUT2D eigenvalue weighted by atomic mass is 19.4. The van der Waals surface area contributed by atoms with Gasteiger partial charge in [0.15, 0.2) is 5.96 Å². The molecule has 27 heavy (non-hydrogen) atoms. The Kier molecular flexibility index (Phi) is 4.45. The molecule has 8 heteroatoms. The number of carbonyl (C=O) groups is 1. The third-order valence-electron chi connectivity index (χ3n) is 4.86. The number of halogens is 4. The quantitative estimate of drug-likeness (QED) is 0.779. The maximum absolute atomic E-state index is 13.8. The molecule has 2 aromatic rings. The SMILES string of the molecule is CN1C(=N)N[C@](C)(c2cccc(F)c2)[C@H](c2ccc(C(F)(F)F)cc2)C1=O. The molecule has 1 amide bonds. The molecule has 0 aromatic heterocycles. The number of benzene rings is 2. The number of likely N-dealkylation sites (N-methyl/N-ethyl adjacent to an activating group) is 1. The first-order valence-electron chi connectivity index (χ1n) is 8.11. The zero-order chi connectivity index (χ0) is 20.0. The molecule has 1 saturated heterocycles. The van der Waals surface area contributed by atoms with E-state index in [1.54, 1.807) is 13.0 Å². The fraction of sp³-hybridized carbons (Fsp3) is 0.263. The van der Waals surface area contributed by atoms with E-state index in [1.807, 2.05) is 0 Å². The van der Waals surface area contributed by atoms with Crippen LogP contribution < -0.4 is 5.32 Å². The average molecular weight is 379 g/mol. The van der Waals surface area contributed by atoms with Crippen molar-refractivity contribution in [1.29, 1.82) is 5.41 Å². The summed E-state index contributed by atoms with van der Waals surface area (Å²) in [7, 11) is 1.40. The molecule has 1 heterocycles. The van der Waals surface area contributed by atoms with E-state index in [0.717, 1.165) is 17.0 Å². The van der Waals surface area contributed by atoms with Gasteiger partial charge in [0, 0.05) is 7.05 Å². The Bertz CT molecular complexity index is 895. The second-order valence-electron chi connectivity index (χ2n) is 6.64. The van der Waals surface area contributed by atoms with Crippen molar-refractivity contribution in [1.82, 2.24) is 10.2 Å². The van der Waals surface area contributed by atoms with Crippen LogP contribution in [0.1, 0.15) is 29.5 Å². The lowest BCUT2D eigenvalue weighted by Gasteiger charge is -2.46. The molecule has 1 aliphatic heterocycles. The maximum Gasteiger partial charge on any atom is 0.416 e. The highest BCUT2D eigenvalue weighted by molar-refractivity contribution is 6.02. The van der Waals surface area contributed by atoms with Crippen LogP contribution in [0.3, 0.4) is 0 Å². The predicted molar refractivity (Wildman–Crippen MR) is 91.6 cm³/mol. The van der Waals surface area contributed by atoms with Crippen LogP contribution in [0.2, 0.25) is 0 Å². The van der Waals surface area contributed by atoms with Gasteiger partial charge in [0.2, 0.25) is 5.91 Å². The zero-order valence-electron chi connectivity index (χ0n) is 14.6. The number of nitrogens with one attached hydrogen (secondary N) is 2. The number of hydrogen-bond donors (Lipinski definition) is 2. The smallest absolute Gasteiger partial charge is 0.346 e. The third-order valence-corrected chi connectivity index (χ3v) is 4.86. The van der Waals surface area contributed by atoms with Crippen LogP contribution >= 0.6 is 0 Å². The summed E-state index contributed by atoms with van der Waals surface area (Å²) in [5.41, 5.74) is -1.27. The van der Waals surface area contributed by atoms with E-state index in [-0.39, 0.29) is 5.96 Å². The molecule has 0 saturated carbocycles. The molecular formula is C19H17F4N3O. The summed E-state index contributed by atoms with van der Waals surface area (Å²) < 4.78 is 52.3. The van der Waals surface area contributed by atoms with Gasteiger partial charge in [-0.1, -0.05) is 24.3 Å². The largest absolute Gasteiger partial charge is 0.416 e. The summed E-state index contributed by atoms with van der Waals surface area (Å²) in [6, 6.07) is 9.90. The number of hydrogen-bond acceptors (Lipinski definition) is 2. The van der Waals surface area contributed by atoms with E-state index < -0.39 is 34.9 Å². The van der Waals surface area contributed by atoms with E-state index in [2.05, 4.69) is 5.32 Å². The van der Waals surface area contributed by atoms with Gasteiger partial charge in [-0.2, -0.15) is 13.2 Å². The van der Waals surface area contributed by atoms with Crippen molar-refractivity contribution < 1.29 is 22.4 Å². The summed E-state index contributed by atoms with van der Waals surface area (Å²) >= 11 is 0. The van der Waals surface area contributed by atoms with Gasteiger partial charge in [0.1, 0.15) is 5.82 Å². The molecular weight excluding hydrogens is 362 g/mol. The van der Waals surface area contributed by atoms with Crippen molar-refractivity contribution in [3.63, 3.8) is 0 Å². The molecule has 1 fully saturated rings. The Labute approximate surface area is 153 Å². The van der Waals surface area contributed by atoms with E-state index in [1.165, 1.54) is 37.4 Å². The molecule has 2 N–H and O–H groups in total. The molecule has 0 aliphatic carbocycles. The monoisotopic (exact) mass is 379 g/mol. The summed E-state index contributed by atoms with van der Waals surface area (Å²) in [6.45, 7) is 1.63. The van der Waals surface area contributed by atoms with Gasteiger partial charge >= 0.3 is 6.18 Å². The van der Waals surface area contributed by atoms with Gasteiger partial charge in [-0.25, -0.2) is 4.39 Å². The van der Waals surface area contributed by atoms with Gasteiger partial charge in [0.25, 0.3) is 0 Å². The lowest BCUT2D eigenvalue weighted by molar-refractivity contribution is -0.137. The van der Waals surface area contributed by atoms with Crippen LogP contribution in [0.15, 0.2) is 48.5 Å². The van der Waals surface area contributed by atoms with Gasteiger partial charge in [-0.05, 0) is 42.3 Å². The number of guanidine groups is 1. The first kappa shape index (κ1) is 18.9. The van der Waals surface area contributed by atoms with Crippen LogP contribution in [0.5, 0.6) is 0 Å². The Balaban J connectivity index is 2.13. The normalized spacial score (nSPS) is 23.3. The highest BCUT2D eigenvalue weighted by Gasteiger charge is 2.48. The second kappa shape index (κ2) is 6.37.